The van der Waals surface area contributed by atoms with Gasteiger partial charge in [0.05, 0.1) is 42.4 Å². The van der Waals surface area contributed by atoms with Gasteiger partial charge in [-0.2, -0.15) is 0 Å². The molecule has 20 nitrogen and oxygen atoms in total. The molecule has 9 heterocycles. The number of aryl methyl sites for hydroxylation is 8. The molecular weight excluding hydrogens is 1350 g/mol. The first-order chi connectivity index (χ1) is 45.4. The first-order valence-corrected chi connectivity index (χ1v) is 35.1. The number of benzene rings is 4. The van der Waals surface area contributed by atoms with Crippen molar-refractivity contribution in [1.29, 1.82) is 0 Å². The zero-order valence-corrected chi connectivity index (χ0v) is 58.1. The number of nitrogens with one attached hydrogen (secondary N) is 2. The van der Waals surface area contributed by atoms with Crippen LogP contribution in [0.1, 0.15) is 45.0 Å². The fourth-order valence-corrected chi connectivity index (χ4v) is 11.8. The van der Waals surface area contributed by atoms with E-state index in [9.17, 15) is 51.9 Å². The van der Waals surface area contributed by atoms with Crippen LogP contribution in [-0.4, -0.2) is 71.8 Å². The van der Waals surface area contributed by atoms with Crippen molar-refractivity contribution in [3.63, 3.8) is 0 Å². The fourth-order valence-electron chi connectivity index (χ4n) is 9.91. The number of pyridine rings is 4. The van der Waals surface area contributed by atoms with E-state index in [4.69, 9.17) is 9.97 Å². The number of hydrogen-bond acceptors (Lipinski definition) is 14. The second-order valence-corrected chi connectivity index (χ2v) is 28.1. The third kappa shape index (κ3) is 19.3. The van der Waals surface area contributed by atoms with Gasteiger partial charge in [-0.25, -0.2) is 61.9 Å². The quantitative estimate of drug-likeness (QED) is 0.0812. The van der Waals surface area contributed by atoms with E-state index in [1.165, 1.54) is 48.5 Å². The molecule has 0 radical (unpaired) electrons. The molecule has 0 aliphatic carbocycles. The summed E-state index contributed by atoms with van der Waals surface area (Å²) in [6, 6.07) is 49.0. The van der Waals surface area contributed by atoms with E-state index in [1.54, 1.807) is 48.5 Å². The summed E-state index contributed by atoms with van der Waals surface area (Å²) in [6.07, 6.45) is 25.1. The van der Waals surface area contributed by atoms with Crippen LogP contribution in [0.3, 0.4) is 0 Å². The summed E-state index contributed by atoms with van der Waals surface area (Å²) in [5, 5.41) is 0. The molecule has 8 bridgehead atoms. The van der Waals surface area contributed by atoms with Crippen LogP contribution in [0.25, 0.3) is 90.9 Å². The van der Waals surface area contributed by atoms with Crippen LogP contribution in [0.5, 0.6) is 0 Å². The molecule has 0 amide bonds. The molecule has 13 rings (SSSR count). The largest absolute Gasteiger partial charge is 3.00 e. The average Bonchev–Trinajstić information content (AvgIpc) is 1.64. The van der Waals surface area contributed by atoms with Crippen LogP contribution in [0, 0.1) is 27.7 Å². The monoisotopic (exact) mass is 1420 g/mol. The SMILES string of the molecule is C[n+]1ccc(-c2c3nc(c(-c4cc[n+](C)cc4)c4ccc([nH]4)c(-c4cc[n+](C)cc4)c4ccc([nH]4)c(-c4cc[n+](C)cc4)c4nc2C=C4)C=C3)cc1.Cc1ccc(S(=O)(=O)[O-])cc1.Cc1ccc(S(=O)(=O)[O-])cc1.Cc1ccc(S(=O)(=O)[O-])cc1.Cc1ccc(S(=O)(=O)[O-])cc1.[Mn+3]. The molecule has 0 spiro atoms. The Kier molecular flexibility index (Phi) is 23.3. The number of fused-ring (bicyclic) bond motifs is 8. The number of aromatic amines is 2. The first-order valence-electron chi connectivity index (χ1n) is 29.5. The number of H-pyrrole nitrogens is 2. The van der Waals surface area contributed by atoms with Crippen molar-refractivity contribution in [3.8, 4) is 44.5 Å². The van der Waals surface area contributed by atoms with E-state index in [2.05, 4.69) is 161 Å². The Morgan fingerprint density at radius 3 is 0.680 bits per heavy atom. The molecule has 2 aliphatic rings. The van der Waals surface area contributed by atoms with Crippen molar-refractivity contribution in [2.24, 2.45) is 28.2 Å². The summed E-state index contributed by atoms with van der Waals surface area (Å²) in [7, 11) is -8.94. The summed E-state index contributed by atoms with van der Waals surface area (Å²) < 4.78 is 133. The minimum Gasteiger partial charge on any atom is -0.744 e. The summed E-state index contributed by atoms with van der Waals surface area (Å²) in [5.41, 5.74) is 19.6. The Balaban J connectivity index is 0.000000213. The number of aromatic nitrogens is 8. The minimum absolute atomic E-state index is 0. The Morgan fingerprint density at radius 2 is 0.464 bits per heavy atom. The number of hydrogen-bond donors (Lipinski definition) is 2. The smallest absolute Gasteiger partial charge is 0.744 e. The molecule has 0 atom stereocenters. The summed E-state index contributed by atoms with van der Waals surface area (Å²) in [4.78, 5) is 17.7. The van der Waals surface area contributed by atoms with Gasteiger partial charge in [0.15, 0.2) is 49.6 Å². The van der Waals surface area contributed by atoms with Crippen LogP contribution in [-0.2, 0) is 85.7 Å². The fraction of sp³-hybridized carbons (Fsp3) is 0.111. The van der Waals surface area contributed by atoms with E-state index >= 15 is 0 Å². The topological polar surface area (TPSA) is 302 Å². The molecule has 0 saturated carbocycles. The zero-order valence-electron chi connectivity index (χ0n) is 53.7. The van der Waals surface area contributed by atoms with E-state index in [0.29, 0.717) is 0 Å². The van der Waals surface area contributed by atoms with Gasteiger partial charge in [-0.3, -0.25) is 0 Å². The molecule has 2 N–H and O–H groups in total. The zero-order chi connectivity index (χ0) is 69.3. The minimum atomic E-state index is -4.27. The van der Waals surface area contributed by atoms with Crippen molar-refractivity contribution in [3.05, 3.63) is 264 Å². The summed E-state index contributed by atoms with van der Waals surface area (Å²) in [6.45, 7) is 7.28. The predicted octanol–water partition coefficient (Wildman–Crippen LogP) is 10.2. The predicted molar refractivity (Wildman–Crippen MR) is 362 cm³/mol. The first kappa shape index (κ1) is 73.1. The molecule has 494 valence electrons. The Morgan fingerprint density at radius 1 is 0.278 bits per heavy atom. The second kappa shape index (κ2) is 31.0. The Hall–Kier alpha value is -9.76. The van der Waals surface area contributed by atoms with Crippen molar-refractivity contribution >= 4 is 86.8 Å². The standard InChI is InChI=1S/C44H37N8.4C7H8O3S.Mn/c1-49-21-13-29(14-22-49)41-33-5-7-35(45-33)42(30-15-23-50(2)24-16-30)37-9-11-39(47-37)44(32-19-27-52(4)28-20-32)40-12-10-38(48-40)43(36-8-6-34(41)46-36)31-17-25-51(3)26-18-31;4*1-6-2-4-7(5-3-6)11(8,9)10;/h5-28H,1-4H3,(H,45,46,47,48);4*2-5H,1H3,(H,8,9,10);/q+3;;;;;+3/p-3. The van der Waals surface area contributed by atoms with E-state index < -0.39 is 40.5 Å². The van der Waals surface area contributed by atoms with E-state index in [1.807, 2.05) is 69.6 Å². The van der Waals surface area contributed by atoms with Gasteiger partial charge in [0.1, 0.15) is 68.7 Å². The molecular formula is C72H66MnN8O12S4+3. The van der Waals surface area contributed by atoms with Crippen molar-refractivity contribution in [2.75, 3.05) is 0 Å². The third-order valence-corrected chi connectivity index (χ3v) is 18.5. The second-order valence-electron chi connectivity index (χ2n) is 22.6. The molecule has 0 saturated heterocycles. The van der Waals surface area contributed by atoms with Gasteiger partial charge in [0.2, 0.25) is 0 Å². The summed E-state index contributed by atoms with van der Waals surface area (Å²) >= 11 is 0. The maximum atomic E-state index is 10.4. The molecule has 0 fully saturated rings. The maximum Gasteiger partial charge on any atom is 3.00 e. The number of nitrogens with zero attached hydrogens (tertiary/aromatic N) is 6. The van der Waals surface area contributed by atoms with Crippen molar-refractivity contribution in [1.82, 2.24) is 19.9 Å². The van der Waals surface area contributed by atoms with Crippen LogP contribution < -0.4 is 18.3 Å². The van der Waals surface area contributed by atoms with Gasteiger partial charge in [-0.1, -0.05) is 70.8 Å². The molecule has 11 aromatic rings. The molecule has 97 heavy (non-hydrogen) atoms. The van der Waals surface area contributed by atoms with Crippen molar-refractivity contribution in [2.45, 2.75) is 47.3 Å². The summed E-state index contributed by atoms with van der Waals surface area (Å²) in [5.74, 6) is 0. The van der Waals surface area contributed by atoms with Crippen LogP contribution in [0.15, 0.2) is 239 Å². The van der Waals surface area contributed by atoms with Crippen LogP contribution in [0.4, 0.5) is 0 Å². The molecule has 4 aromatic carbocycles. The Bertz CT molecular complexity index is 4930. The average molecular weight is 1420 g/mol. The van der Waals surface area contributed by atoms with Gasteiger partial charge < -0.3 is 28.2 Å². The Labute approximate surface area is 574 Å². The van der Waals surface area contributed by atoms with Gasteiger partial charge >= 0.3 is 17.1 Å². The molecule has 25 heteroatoms. The molecule has 7 aromatic heterocycles. The van der Waals surface area contributed by atoms with Crippen molar-refractivity contribution < 1.29 is 87.2 Å². The van der Waals surface area contributed by atoms with E-state index in [0.717, 1.165) is 112 Å². The van der Waals surface area contributed by atoms with Crippen LogP contribution >= 0.6 is 0 Å². The van der Waals surface area contributed by atoms with Gasteiger partial charge in [0, 0.05) is 92.9 Å². The maximum absolute atomic E-state index is 10.4. The normalized spacial score (nSPS) is 11.7. The van der Waals surface area contributed by atoms with E-state index in [-0.39, 0.29) is 36.7 Å². The van der Waals surface area contributed by atoms with Gasteiger partial charge in [0.25, 0.3) is 0 Å². The molecule has 2 aliphatic heterocycles. The number of rotatable bonds is 8. The van der Waals surface area contributed by atoms with Gasteiger partial charge in [-0.05, 0) is 147 Å². The van der Waals surface area contributed by atoms with Crippen LogP contribution in [0.2, 0.25) is 0 Å². The third-order valence-electron chi connectivity index (χ3n) is 15.1. The van der Waals surface area contributed by atoms with Gasteiger partial charge in [-0.15, -0.1) is 0 Å². The molecule has 0 unspecified atom stereocenters.